The fourth-order valence-electron chi connectivity index (χ4n) is 2.26. The van der Waals surface area contributed by atoms with Crippen LogP contribution in [-0.2, 0) is 4.79 Å². The number of nitrogens with zero attached hydrogens (tertiary/aromatic N) is 1. The van der Waals surface area contributed by atoms with E-state index in [2.05, 4.69) is 10.5 Å². The van der Waals surface area contributed by atoms with Gasteiger partial charge in [-0.25, -0.2) is 0 Å². The number of halogens is 4. The molecule has 0 spiro atoms. The molecular weight excluding hydrogens is 418 g/mol. The molecule has 0 saturated heterocycles. The molecule has 1 N–H and O–H groups in total. The first-order chi connectivity index (χ1) is 12.3. The summed E-state index contributed by atoms with van der Waals surface area (Å²) in [6.07, 6.45) is 0. The zero-order valence-electron chi connectivity index (χ0n) is 13.4. The largest absolute Gasteiger partial charge is 0.356 e. The van der Waals surface area contributed by atoms with E-state index in [0.29, 0.717) is 38.3 Å². The summed E-state index contributed by atoms with van der Waals surface area (Å²) in [5.41, 5.74) is 2.33. The summed E-state index contributed by atoms with van der Waals surface area (Å²) in [6.45, 7) is 1.39. The molecule has 8 heteroatoms. The Kier molecular flexibility index (Phi) is 5.49. The number of nitrogens with one attached hydrogen (secondary N) is 1. The topological polar surface area (TPSA) is 55.1 Å². The van der Waals surface area contributed by atoms with Crippen LogP contribution in [0.5, 0.6) is 0 Å². The molecule has 0 fully saturated rings. The molecule has 0 aliphatic heterocycles. The highest BCUT2D eigenvalue weighted by Crippen LogP contribution is 2.36. The third kappa shape index (κ3) is 4.15. The number of carbonyl (C=O) groups excluding carboxylic acids is 1. The van der Waals surface area contributed by atoms with Crippen LogP contribution in [-0.4, -0.2) is 15.4 Å². The third-order valence-electron chi connectivity index (χ3n) is 3.53. The van der Waals surface area contributed by atoms with Crippen LogP contribution in [0.2, 0.25) is 10.0 Å². The van der Waals surface area contributed by atoms with Crippen LogP contribution in [0.1, 0.15) is 6.92 Å². The van der Waals surface area contributed by atoms with Crippen molar-refractivity contribution in [3.63, 3.8) is 0 Å². The van der Waals surface area contributed by atoms with Crippen LogP contribution in [0, 0.1) is 0 Å². The Balaban J connectivity index is 1.91. The molecule has 0 bridgehead atoms. The predicted octanol–water partition coefficient (Wildman–Crippen LogP) is 6.45. The number of rotatable bonds is 4. The lowest BCUT2D eigenvalue weighted by molar-refractivity contribution is -0.116. The van der Waals surface area contributed by atoms with Crippen LogP contribution in [0.25, 0.3) is 22.6 Å². The van der Waals surface area contributed by atoms with Gasteiger partial charge in [-0.05, 0) is 31.2 Å². The monoisotopic (exact) mass is 428 g/mol. The van der Waals surface area contributed by atoms with E-state index in [4.69, 9.17) is 50.9 Å². The maximum Gasteiger partial charge on any atom is 0.260 e. The molecule has 1 aromatic heterocycles. The van der Waals surface area contributed by atoms with Crippen molar-refractivity contribution in [3.05, 3.63) is 58.6 Å². The molecule has 0 radical (unpaired) electrons. The van der Waals surface area contributed by atoms with Crippen molar-refractivity contribution in [3.8, 4) is 22.6 Å². The van der Waals surface area contributed by atoms with E-state index in [0.717, 1.165) is 0 Å². The number of alkyl halides is 2. The smallest absolute Gasteiger partial charge is 0.260 e. The Labute approximate surface area is 170 Å². The number of amides is 1. The summed E-state index contributed by atoms with van der Waals surface area (Å²) in [6, 6.07) is 13.9. The highest BCUT2D eigenvalue weighted by atomic mass is 35.5. The molecule has 3 rings (SSSR count). The van der Waals surface area contributed by atoms with Crippen molar-refractivity contribution in [2.75, 3.05) is 5.32 Å². The van der Waals surface area contributed by atoms with Crippen molar-refractivity contribution in [2.45, 2.75) is 11.3 Å². The first-order valence-electron chi connectivity index (χ1n) is 7.46. The summed E-state index contributed by atoms with van der Waals surface area (Å²) in [7, 11) is 0. The molecule has 4 nitrogen and oxygen atoms in total. The van der Waals surface area contributed by atoms with Gasteiger partial charge in [0.1, 0.15) is 5.69 Å². The fraction of sp³-hybridized carbons (Fsp3) is 0.111. The SMILES string of the molecule is CC(Cl)(Cl)C(=O)Nc1cccc(-c2cc(-c3c(Cl)cccc3Cl)no2)c1. The Bertz CT molecular complexity index is 944. The minimum Gasteiger partial charge on any atom is -0.356 e. The maximum atomic E-state index is 11.9. The van der Waals surface area contributed by atoms with E-state index in [1.54, 1.807) is 42.5 Å². The minimum absolute atomic E-state index is 0.474. The second-order valence-corrected chi connectivity index (χ2v) is 8.12. The molecule has 0 atom stereocenters. The zero-order chi connectivity index (χ0) is 18.9. The molecule has 134 valence electrons. The van der Waals surface area contributed by atoms with Gasteiger partial charge in [-0.1, -0.05) is 69.8 Å². The van der Waals surface area contributed by atoms with Gasteiger partial charge in [0.25, 0.3) is 5.91 Å². The van der Waals surface area contributed by atoms with Gasteiger partial charge in [0.15, 0.2) is 10.1 Å². The summed E-state index contributed by atoms with van der Waals surface area (Å²) in [4.78, 5) is 11.9. The second-order valence-electron chi connectivity index (χ2n) is 5.60. The summed E-state index contributed by atoms with van der Waals surface area (Å²) < 4.78 is 3.88. The van der Waals surface area contributed by atoms with Crippen LogP contribution >= 0.6 is 46.4 Å². The number of hydrogen-bond acceptors (Lipinski definition) is 3. The molecule has 2 aromatic carbocycles. The Morgan fingerprint density at radius 3 is 2.38 bits per heavy atom. The molecular formula is C18H12Cl4N2O2. The normalized spacial score (nSPS) is 11.4. The van der Waals surface area contributed by atoms with Crippen LogP contribution in [0.3, 0.4) is 0 Å². The van der Waals surface area contributed by atoms with Gasteiger partial charge < -0.3 is 9.84 Å². The van der Waals surface area contributed by atoms with Crippen LogP contribution in [0.15, 0.2) is 53.1 Å². The Morgan fingerprint density at radius 1 is 1.08 bits per heavy atom. The molecule has 0 aliphatic rings. The standard InChI is InChI=1S/C18H12Cl4N2O2/c1-18(21,22)17(25)23-11-5-2-4-10(8-11)15-9-14(24-26-15)16-12(19)6-3-7-13(16)20/h2-9H,1H3,(H,23,25). The molecule has 26 heavy (non-hydrogen) atoms. The first-order valence-corrected chi connectivity index (χ1v) is 8.97. The van der Waals surface area contributed by atoms with E-state index in [1.807, 2.05) is 6.07 Å². The van der Waals surface area contributed by atoms with Gasteiger partial charge in [-0.3, -0.25) is 4.79 Å². The van der Waals surface area contributed by atoms with E-state index in [1.165, 1.54) is 6.92 Å². The van der Waals surface area contributed by atoms with Gasteiger partial charge in [-0.15, -0.1) is 0 Å². The van der Waals surface area contributed by atoms with Crippen molar-refractivity contribution in [1.82, 2.24) is 5.16 Å². The molecule has 0 saturated carbocycles. The highest BCUT2D eigenvalue weighted by Gasteiger charge is 2.27. The quantitative estimate of drug-likeness (QED) is 0.485. The first kappa shape index (κ1) is 19.1. The van der Waals surface area contributed by atoms with Crippen LogP contribution < -0.4 is 5.32 Å². The number of hydrogen-bond donors (Lipinski definition) is 1. The van der Waals surface area contributed by atoms with E-state index in [-0.39, 0.29) is 0 Å². The highest BCUT2D eigenvalue weighted by molar-refractivity contribution is 6.58. The summed E-state index contributed by atoms with van der Waals surface area (Å²) in [5.74, 6) is -0.0364. The zero-order valence-corrected chi connectivity index (χ0v) is 16.4. The van der Waals surface area contributed by atoms with Crippen molar-refractivity contribution >= 4 is 58.0 Å². The average Bonchev–Trinajstić information content (AvgIpc) is 3.04. The Morgan fingerprint density at radius 2 is 1.73 bits per heavy atom. The lowest BCUT2D eigenvalue weighted by Crippen LogP contribution is -2.29. The number of anilines is 1. The fourth-order valence-corrected chi connectivity index (χ4v) is 2.95. The lowest BCUT2D eigenvalue weighted by Gasteiger charge is -2.13. The molecule has 1 amide bonds. The van der Waals surface area contributed by atoms with Gasteiger partial charge in [0.05, 0.1) is 10.0 Å². The number of aromatic nitrogens is 1. The van der Waals surface area contributed by atoms with E-state index < -0.39 is 10.2 Å². The average molecular weight is 430 g/mol. The second kappa shape index (κ2) is 7.49. The molecule has 0 aliphatic carbocycles. The van der Waals surface area contributed by atoms with Gasteiger partial charge >= 0.3 is 0 Å². The minimum atomic E-state index is -1.53. The van der Waals surface area contributed by atoms with Gasteiger partial charge in [-0.2, -0.15) is 0 Å². The van der Waals surface area contributed by atoms with Gasteiger partial charge in [0.2, 0.25) is 0 Å². The summed E-state index contributed by atoms with van der Waals surface area (Å²) >= 11 is 24.0. The summed E-state index contributed by atoms with van der Waals surface area (Å²) in [5, 5.41) is 7.63. The molecule has 0 unspecified atom stereocenters. The lowest BCUT2D eigenvalue weighted by atomic mass is 10.1. The third-order valence-corrected chi connectivity index (χ3v) is 4.51. The maximum absolute atomic E-state index is 11.9. The predicted molar refractivity (Wildman–Crippen MR) is 106 cm³/mol. The molecule has 3 aromatic rings. The Hall–Kier alpha value is -1.72. The van der Waals surface area contributed by atoms with E-state index in [9.17, 15) is 4.79 Å². The molecule has 1 heterocycles. The number of benzene rings is 2. The van der Waals surface area contributed by atoms with E-state index >= 15 is 0 Å². The number of carbonyl (C=O) groups is 1. The van der Waals surface area contributed by atoms with Gasteiger partial charge in [0, 0.05) is 22.9 Å². The van der Waals surface area contributed by atoms with Crippen molar-refractivity contribution < 1.29 is 9.32 Å². The van der Waals surface area contributed by atoms with Crippen molar-refractivity contribution in [1.29, 1.82) is 0 Å². The van der Waals surface area contributed by atoms with Crippen LogP contribution in [0.4, 0.5) is 5.69 Å². The van der Waals surface area contributed by atoms with Crippen molar-refractivity contribution in [2.24, 2.45) is 0 Å².